The van der Waals surface area contributed by atoms with Crippen molar-refractivity contribution < 1.29 is 13.7 Å². The summed E-state index contributed by atoms with van der Waals surface area (Å²) in [5, 5.41) is 0. The van der Waals surface area contributed by atoms with Crippen molar-refractivity contribution in [2.75, 3.05) is 0 Å². The van der Waals surface area contributed by atoms with Crippen molar-refractivity contribution >= 4 is 7.12 Å². The number of hydrogen-bond donors (Lipinski definition) is 0. The van der Waals surface area contributed by atoms with Gasteiger partial charge >= 0.3 is 7.12 Å². The highest BCUT2D eigenvalue weighted by Gasteiger charge is 2.53. The second-order valence-electron chi connectivity index (χ2n) is 6.58. The minimum atomic E-state index is -0.899. The number of rotatable bonds is 4. The molecule has 114 valence electrons. The van der Waals surface area contributed by atoms with Crippen molar-refractivity contribution in [1.82, 2.24) is 4.98 Å². The number of aromatic nitrogens is 1. The van der Waals surface area contributed by atoms with Crippen LogP contribution in [0, 0.1) is 0 Å². The lowest BCUT2D eigenvalue weighted by molar-refractivity contribution is 0.00578. The molecular formula is C16H23BFNO2. The zero-order valence-electron chi connectivity index (χ0n) is 13.4. The zero-order valence-corrected chi connectivity index (χ0v) is 13.4. The Morgan fingerprint density at radius 1 is 1.24 bits per heavy atom. The third kappa shape index (κ3) is 3.53. The summed E-state index contributed by atoms with van der Waals surface area (Å²) in [4.78, 5) is 4.06. The Morgan fingerprint density at radius 2 is 1.86 bits per heavy atom. The van der Waals surface area contributed by atoms with Gasteiger partial charge in [0.2, 0.25) is 0 Å². The summed E-state index contributed by atoms with van der Waals surface area (Å²) < 4.78 is 26.0. The van der Waals surface area contributed by atoms with Gasteiger partial charge in [0, 0.05) is 12.4 Å². The number of pyridine rings is 1. The van der Waals surface area contributed by atoms with Gasteiger partial charge in [-0.25, -0.2) is 4.39 Å². The van der Waals surface area contributed by atoms with E-state index in [4.69, 9.17) is 9.31 Å². The van der Waals surface area contributed by atoms with Gasteiger partial charge in [-0.1, -0.05) is 6.07 Å². The second kappa shape index (κ2) is 5.89. The normalized spacial score (nSPS) is 21.3. The van der Waals surface area contributed by atoms with E-state index >= 15 is 0 Å². The van der Waals surface area contributed by atoms with Gasteiger partial charge in [-0.2, -0.15) is 0 Å². The zero-order chi connectivity index (χ0) is 15.7. The fourth-order valence-corrected chi connectivity index (χ4v) is 2.14. The van der Waals surface area contributed by atoms with Crippen molar-refractivity contribution in [3.05, 3.63) is 41.4 Å². The molecule has 5 heteroatoms. The monoisotopic (exact) mass is 291 g/mol. The maximum Gasteiger partial charge on any atom is 0.525 e. The molecule has 0 spiro atoms. The molecule has 0 atom stereocenters. The SMILES string of the molecule is CC(CCc1cccnc1)=C(F)B1OC(C)(C)C(C)(C)O1. The van der Waals surface area contributed by atoms with Gasteiger partial charge in [0.05, 0.1) is 11.2 Å². The predicted octanol–water partition coefficient (Wildman–Crippen LogP) is 3.89. The molecule has 0 aromatic carbocycles. The molecule has 0 amide bonds. The smallest absolute Gasteiger partial charge is 0.398 e. The van der Waals surface area contributed by atoms with Crippen molar-refractivity contribution in [2.24, 2.45) is 0 Å². The van der Waals surface area contributed by atoms with Crippen LogP contribution in [0.15, 0.2) is 35.8 Å². The summed E-state index contributed by atoms with van der Waals surface area (Å²) in [7, 11) is -0.899. The molecule has 0 N–H and O–H groups in total. The first-order valence-corrected chi connectivity index (χ1v) is 7.32. The third-order valence-electron chi connectivity index (χ3n) is 4.38. The fraction of sp³-hybridized carbons (Fsp3) is 0.562. The molecule has 1 fully saturated rings. The van der Waals surface area contributed by atoms with Crippen LogP contribution < -0.4 is 0 Å². The average Bonchev–Trinajstić information content (AvgIpc) is 2.65. The van der Waals surface area contributed by atoms with Gasteiger partial charge in [-0.15, -0.1) is 0 Å². The first-order valence-electron chi connectivity index (χ1n) is 7.32. The van der Waals surface area contributed by atoms with Crippen LogP contribution in [0.25, 0.3) is 0 Å². The van der Waals surface area contributed by atoms with E-state index in [2.05, 4.69) is 4.98 Å². The van der Waals surface area contributed by atoms with Crippen LogP contribution in [0.2, 0.25) is 0 Å². The van der Waals surface area contributed by atoms with Crippen LogP contribution in [-0.2, 0) is 15.7 Å². The summed E-state index contributed by atoms with van der Waals surface area (Å²) in [6.07, 6.45) is 4.92. The summed E-state index contributed by atoms with van der Waals surface area (Å²) in [5.41, 5.74) is 0.422. The quantitative estimate of drug-likeness (QED) is 0.789. The number of hydrogen-bond acceptors (Lipinski definition) is 3. The largest absolute Gasteiger partial charge is 0.525 e. The van der Waals surface area contributed by atoms with E-state index in [0.717, 1.165) is 12.0 Å². The van der Waals surface area contributed by atoms with Gasteiger partial charge in [0.25, 0.3) is 0 Å². The Morgan fingerprint density at radius 3 is 2.38 bits per heavy atom. The van der Waals surface area contributed by atoms with Crippen LogP contribution in [0.5, 0.6) is 0 Å². The summed E-state index contributed by atoms with van der Waals surface area (Å²) in [6, 6.07) is 3.88. The summed E-state index contributed by atoms with van der Waals surface area (Å²) in [5.74, 6) is 0. The van der Waals surface area contributed by atoms with Gasteiger partial charge in [0.15, 0.2) is 0 Å². The molecule has 0 bridgehead atoms. The molecule has 1 aromatic heterocycles. The number of aryl methyl sites for hydroxylation is 1. The molecule has 3 nitrogen and oxygen atoms in total. The van der Waals surface area contributed by atoms with E-state index < -0.39 is 18.3 Å². The number of halogens is 1. The lowest BCUT2D eigenvalue weighted by Crippen LogP contribution is -2.41. The van der Waals surface area contributed by atoms with Crippen LogP contribution >= 0.6 is 0 Å². The molecule has 2 rings (SSSR count). The van der Waals surface area contributed by atoms with E-state index in [9.17, 15) is 4.39 Å². The van der Waals surface area contributed by atoms with Crippen molar-refractivity contribution in [3.8, 4) is 0 Å². The van der Waals surface area contributed by atoms with Crippen molar-refractivity contribution in [3.63, 3.8) is 0 Å². The predicted molar refractivity (Wildman–Crippen MR) is 82.4 cm³/mol. The third-order valence-corrected chi connectivity index (χ3v) is 4.38. The minimum Gasteiger partial charge on any atom is -0.398 e. The average molecular weight is 291 g/mol. The van der Waals surface area contributed by atoms with Gasteiger partial charge in [-0.3, -0.25) is 4.98 Å². The molecular weight excluding hydrogens is 268 g/mol. The maximum atomic E-state index is 14.5. The van der Waals surface area contributed by atoms with E-state index in [1.54, 1.807) is 19.3 Å². The maximum absolute atomic E-state index is 14.5. The van der Waals surface area contributed by atoms with E-state index in [0.29, 0.717) is 12.0 Å². The molecule has 1 aromatic rings. The van der Waals surface area contributed by atoms with Gasteiger partial charge in [0.1, 0.15) is 5.73 Å². The van der Waals surface area contributed by atoms with Gasteiger partial charge in [-0.05, 0) is 64.7 Å². The Hall–Kier alpha value is -1.20. The standard InChI is InChI=1S/C16H23BFNO2/c1-12(8-9-13-7-6-10-19-11-13)14(18)17-20-15(2,3)16(4,5)21-17/h6-7,10-11H,8-9H2,1-5H3. The van der Waals surface area contributed by atoms with Crippen molar-refractivity contribution in [1.29, 1.82) is 0 Å². The Labute approximate surface area is 126 Å². The minimum absolute atomic E-state index is 0.308. The molecule has 0 saturated carbocycles. The van der Waals surface area contributed by atoms with Crippen molar-refractivity contribution in [2.45, 2.75) is 58.7 Å². The molecule has 0 aliphatic carbocycles. The number of allylic oxidation sites excluding steroid dienone is 1. The van der Waals surface area contributed by atoms with E-state index in [-0.39, 0.29) is 5.73 Å². The van der Waals surface area contributed by atoms with Crippen LogP contribution in [-0.4, -0.2) is 23.3 Å². The van der Waals surface area contributed by atoms with Crippen LogP contribution in [0.4, 0.5) is 4.39 Å². The fourth-order valence-electron chi connectivity index (χ4n) is 2.14. The van der Waals surface area contributed by atoms with Crippen LogP contribution in [0.1, 0.15) is 46.6 Å². The molecule has 1 aliphatic rings. The highest BCUT2D eigenvalue weighted by Crippen LogP contribution is 2.39. The van der Waals surface area contributed by atoms with E-state index in [1.165, 1.54) is 0 Å². The lowest BCUT2D eigenvalue weighted by atomic mass is 9.84. The lowest BCUT2D eigenvalue weighted by Gasteiger charge is -2.32. The topological polar surface area (TPSA) is 31.4 Å². The molecule has 1 saturated heterocycles. The number of nitrogens with zero attached hydrogens (tertiary/aromatic N) is 1. The summed E-state index contributed by atoms with van der Waals surface area (Å²) >= 11 is 0. The first-order chi connectivity index (χ1) is 9.73. The first kappa shape index (κ1) is 16.2. The summed E-state index contributed by atoms with van der Waals surface area (Å²) in [6.45, 7) is 9.48. The van der Waals surface area contributed by atoms with E-state index in [1.807, 2.05) is 39.8 Å². The molecule has 2 heterocycles. The molecule has 1 aliphatic heterocycles. The molecule has 21 heavy (non-hydrogen) atoms. The molecule has 0 unspecified atom stereocenters. The highest BCUT2D eigenvalue weighted by atomic mass is 19.1. The Kier molecular flexibility index (Phi) is 4.54. The van der Waals surface area contributed by atoms with Gasteiger partial charge < -0.3 is 9.31 Å². The Bertz CT molecular complexity index is 512. The second-order valence-corrected chi connectivity index (χ2v) is 6.58. The Balaban J connectivity index is 2.03. The van der Waals surface area contributed by atoms with Crippen LogP contribution in [0.3, 0.4) is 0 Å². The molecule has 0 radical (unpaired) electrons. The highest BCUT2D eigenvalue weighted by molar-refractivity contribution is 6.53.